The van der Waals surface area contributed by atoms with Crippen molar-refractivity contribution < 1.29 is 9.90 Å². The zero-order chi connectivity index (χ0) is 13.1. The number of benzene rings is 2. The molecule has 2 amide bonds. The highest BCUT2D eigenvalue weighted by atomic mass is 16.3. The number of urea groups is 1. The van der Waals surface area contributed by atoms with Gasteiger partial charge in [-0.25, -0.2) is 4.79 Å². The van der Waals surface area contributed by atoms with Crippen molar-refractivity contribution in [2.24, 2.45) is 0 Å². The maximum absolute atomic E-state index is 11.6. The minimum atomic E-state index is -0.349. The van der Waals surface area contributed by atoms with Gasteiger partial charge in [0.2, 0.25) is 0 Å². The van der Waals surface area contributed by atoms with Crippen molar-refractivity contribution >= 4 is 22.5 Å². The summed E-state index contributed by atoms with van der Waals surface area (Å²) >= 11 is 0. The third kappa shape index (κ3) is 2.43. The largest absolute Gasteiger partial charge is 0.507 e. The Labute approximate surface area is 105 Å². The predicted molar refractivity (Wildman–Crippen MR) is 72.6 cm³/mol. The third-order valence-corrected chi connectivity index (χ3v) is 2.47. The van der Waals surface area contributed by atoms with E-state index < -0.39 is 0 Å². The number of nitrogens with one attached hydrogen (secondary N) is 2. The number of anilines is 1. The Morgan fingerprint density at radius 3 is 2.56 bits per heavy atom. The second-order valence-corrected chi connectivity index (χ2v) is 4.04. The van der Waals surface area contributed by atoms with Gasteiger partial charge in [0.15, 0.2) is 0 Å². The lowest BCUT2D eigenvalue weighted by Crippen LogP contribution is -2.26. The Kier molecular flexibility index (Phi) is 3.19. The molecular weight excluding hydrogens is 228 g/mol. The molecule has 2 aromatic carbocycles. The summed E-state index contributed by atoms with van der Waals surface area (Å²) < 4.78 is 0. The van der Waals surface area contributed by atoms with E-state index in [2.05, 4.69) is 17.2 Å². The molecule has 0 aliphatic carbocycles. The number of fused-ring (bicyclic) bond motifs is 1. The first kappa shape index (κ1) is 12.0. The topological polar surface area (TPSA) is 61.4 Å². The van der Waals surface area contributed by atoms with E-state index in [4.69, 9.17) is 0 Å². The number of aromatic hydroxyl groups is 1. The van der Waals surface area contributed by atoms with Crippen molar-refractivity contribution in [2.75, 3.05) is 5.32 Å². The molecule has 0 aliphatic rings. The summed E-state index contributed by atoms with van der Waals surface area (Å²) in [5.74, 6) is 0.191. The van der Waals surface area contributed by atoms with Gasteiger partial charge in [-0.1, -0.05) is 30.8 Å². The molecule has 0 saturated heterocycles. The maximum atomic E-state index is 11.6. The Morgan fingerprint density at radius 1 is 1.17 bits per heavy atom. The van der Waals surface area contributed by atoms with Crippen LogP contribution in [0, 0.1) is 0 Å². The van der Waals surface area contributed by atoms with E-state index >= 15 is 0 Å². The second kappa shape index (κ2) is 4.79. The fourth-order valence-corrected chi connectivity index (χ4v) is 1.75. The first-order valence-corrected chi connectivity index (χ1v) is 5.52. The lowest BCUT2D eigenvalue weighted by atomic mass is 10.1. The van der Waals surface area contributed by atoms with E-state index in [1.807, 2.05) is 6.07 Å². The molecule has 2 rings (SSSR count). The standard InChI is InChI=1S/C14H14N2O2/c1-9(2)15-14(18)16-12-7-3-6-11-10(12)5-4-8-13(11)17/h3-8,17H,1H2,2H3,(H2,15,16,18). The zero-order valence-corrected chi connectivity index (χ0v) is 10.0. The minimum absolute atomic E-state index is 0.191. The summed E-state index contributed by atoms with van der Waals surface area (Å²) in [7, 11) is 0. The first-order chi connectivity index (χ1) is 8.58. The van der Waals surface area contributed by atoms with Crippen LogP contribution in [-0.4, -0.2) is 11.1 Å². The Hall–Kier alpha value is -2.49. The fourth-order valence-electron chi connectivity index (χ4n) is 1.75. The van der Waals surface area contributed by atoms with Crippen LogP contribution in [0.3, 0.4) is 0 Å². The molecule has 92 valence electrons. The molecule has 18 heavy (non-hydrogen) atoms. The lowest BCUT2D eigenvalue weighted by molar-refractivity contribution is 0.254. The van der Waals surface area contributed by atoms with E-state index in [1.54, 1.807) is 37.3 Å². The molecule has 2 aromatic rings. The van der Waals surface area contributed by atoms with E-state index in [0.29, 0.717) is 16.8 Å². The molecule has 0 atom stereocenters. The highest BCUT2D eigenvalue weighted by Gasteiger charge is 2.06. The molecule has 0 bridgehead atoms. The van der Waals surface area contributed by atoms with Crippen LogP contribution >= 0.6 is 0 Å². The van der Waals surface area contributed by atoms with Crippen LogP contribution in [0.5, 0.6) is 5.75 Å². The number of rotatable bonds is 2. The number of amides is 2. The summed E-state index contributed by atoms with van der Waals surface area (Å²) in [6.07, 6.45) is 0. The molecule has 0 fully saturated rings. The van der Waals surface area contributed by atoms with Crippen molar-refractivity contribution in [2.45, 2.75) is 6.92 Å². The molecule has 0 unspecified atom stereocenters. The van der Waals surface area contributed by atoms with Gasteiger partial charge in [0.25, 0.3) is 0 Å². The molecule has 4 heteroatoms. The highest BCUT2D eigenvalue weighted by molar-refractivity contribution is 6.03. The number of phenols is 1. The average molecular weight is 242 g/mol. The summed E-state index contributed by atoms with van der Waals surface area (Å²) in [4.78, 5) is 11.6. The molecular formula is C14H14N2O2. The van der Waals surface area contributed by atoms with Gasteiger partial charge in [-0.05, 0) is 19.1 Å². The van der Waals surface area contributed by atoms with E-state index in [-0.39, 0.29) is 11.8 Å². The number of hydrogen-bond donors (Lipinski definition) is 3. The molecule has 0 spiro atoms. The fraction of sp³-hybridized carbons (Fsp3) is 0.0714. The number of phenolic OH excluding ortho intramolecular Hbond substituents is 1. The summed E-state index contributed by atoms with van der Waals surface area (Å²) in [5.41, 5.74) is 1.21. The van der Waals surface area contributed by atoms with Gasteiger partial charge in [-0.3, -0.25) is 0 Å². The van der Waals surface area contributed by atoms with Gasteiger partial charge in [0.05, 0.1) is 5.69 Å². The highest BCUT2D eigenvalue weighted by Crippen LogP contribution is 2.29. The van der Waals surface area contributed by atoms with Crippen molar-refractivity contribution in [3.05, 3.63) is 48.7 Å². The van der Waals surface area contributed by atoms with Crippen LogP contribution in [0.1, 0.15) is 6.92 Å². The molecule has 0 aromatic heterocycles. The molecule has 0 aliphatic heterocycles. The Balaban J connectivity index is 2.37. The molecule has 0 radical (unpaired) electrons. The SMILES string of the molecule is C=C(C)NC(=O)Nc1cccc2c(O)cccc12. The smallest absolute Gasteiger partial charge is 0.323 e. The van der Waals surface area contributed by atoms with Gasteiger partial charge < -0.3 is 15.7 Å². The normalized spacial score (nSPS) is 10.1. The van der Waals surface area contributed by atoms with Crippen molar-refractivity contribution in [1.29, 1.82) is 0 Å². The van der Waals surface area contributed by atoms with Crippen LogP contribution in [0.15, 0.2) is 48.7 Å². The predicted octanol–water partition coefficient (Wildman–Crippen LogP) is 3.20. The van der Waals surface area contributed by atoms with Crippen LogP contribution in [0.4, 0.5) is 10.5 Å². The van der Waals surface area contributed by atoms with Gasteiger partial charge in [-0.2, -0.15) is 0 Å². The quantitative estimate of drug-likeness (QED) is 0.757. The summed E-state index contributed by atoms with van der Waals surface area (Å²) in [6.45, 7) is 5.30. The number of carbonyl (C=O) groups is 1. The summed E-state index contributed by atoms with van der Waals surface area (Å²) in [5, 5.41) is 16.5. The van der Waals surface area contributed by atoms with Crippen LogP contribution in [0.2, 0.25) is 0 Å². The van der Waals surface area contributed by atoms with Gasteiger partial charge in [-0.15, -0.1) is 0 Å². The lowest BCUT2D eigenvalue weighted by Gasteiger charge is -2.10. The minimum Gasteiger partial charge on any atom is -0.507 e. The van der Waals surface area contributed by atoms with Gasteiger partial charge in [0, 0.05) is 16.5 Å². The van der Waals surface area contributed by atoms with E-state index in [0.717, 1.165) is 5.39 Å². The second-order valence-electron chi connectivity index (χ2n) is 4.04. The van der Waals surface area contributed by atoms with E-state index in [1.165, 1.54) is 0 Å². The Bertz CT molecular complexity index is 620. The average Bonchev–Trinajstić information content (AvgIpc) is 2.29. The maximum Gasteiger partial charge on any atom is 0.323 e. The number of carbonyl (C=O) groups excluding carboxylic acids is 1. The Morgan fingerprint density at radius 2 is 1.83 bits per heavy atom. The van der Waals surface area contributed by atoms with Gasteiger partial charge in [0.1, 0.15) is 5.75 Å². The third-order valence-electron chi connectivity index (χ3n) is 2.47. The summed E-state index contributed by atoms with van der Waals surface area (Å²) in [6, 6.07) is 10.2. The molecule has 0 saturated carbocycles. The number of allylic oxidation sites excluding steroid dienone is 1. The van der Waals surface area contributed by atoms with Crippen molar-refractivity contribution in [3.8, 4) is 5.75 Å². The first-order valence-electron chi connectivity index (χ1n) is 5.52. The molecule has 3 N–H and O–H groups in total. The van der Waals surface area contributed by atoms with E-state index in [9.17, 15) is 9.90 Å². The van der Waals surface area contributed by atoms with Gasteiger partial charge >= 0.3 is 6.03 Å². The van der Waals surface area contributed by atoms with Crippen molar-refractivity contribution in [1.82, 2.24) is 5.32 Å². The van der Waals surface area contributed by atoms with Crippen molar-refractivity contribution in [3.63, 3.8) is 0 Å². The monoisotopic (exact) mass is 242 g/mol. The molecule has 4 nitrogen and oxygen atoms in total. The van der Waals surface area contributed by atoms with Crippen LogP contribution < -0.4 is 10.6 Å². The van der Waals surface area contributed by atoms with Crippen LogP contribution in [0.25, 0.3) is 10.8 Å². The zero-order valence-electron chi connectivity index (χ0n) is 10.0. The molecule has 0 heterocycles. The van der Waals surface area contributed by atoms with Crippen LogP contribution in [-0.2, 0) is 0 Å². The number of hydrogen-bond acceptors (Lipinski definition) is 2.